The summed E-state index contributed by atoms with van der Waals surface area (Å²) in [4.78, 5) is 65.7. The molecule has 182 valence electrons. The first kappa shape index (κ1) is 24.7. The Labute approximate surface area is 196 Å². The number of nitrogens with one attached hydrogen (secondary N) is 4. The Morgan fingerprint density at radius 3 is 2.62 bits per heavy atom. The van der Waals surface area contributed by atoms with Crippen molar-refractivity contribution >= 4 is 40.4 Å². The number of primary amides is 1. The molecular weight excluding hydrogens is 440 g/mol. The summed E-state index contributed by atoms with van der Waals surface area (Å²) in [6, 6.07) is 5.89. The van der Waals surface area contributed by atoms with Crippen LogP contribution in [0.2, 0.25) is 0 Å². The highest BCUT2D eigenvalue weighted by Crippen LogP contribution is 2.22. The molecule has 0 bridgehead atoms. The molecule has 2 aromatic rings. The first-order valence-electron chi connectivity index (χ1n) is 11.2. The Hall–Kier alpha value is -3.89. The maximum atomic E-state index is 13.6. The van der Waals surface area contributed by atoms with Crippen molar-refractivity contribution in [3.63, 3.8) is 0 Å². The Kier molecular flexibility index (Phi) is 8.23. The summed E-state index contributed by atoms with van der Waals surface area (Å²) in [5.41, 5.74) is 6.86. The molecule has 1 saturated heterocycles. The SMILES string of the molecule is CC(=O)NCC(=O)N[C@@H](Cc1c[nH]c2ccccc12)C(=O)N1CCCC[C@H]1C(=O)NCC(N)=O. The molecule has 0 spiro atoms. The molecule has 5 amide bonds. The largest absolute Gasteiger partial charge is 0.368 e. The van der Waals surface area contributed by atoms with Crippen molar-refractivity contribution < 1.29 is 24.0 Å². The van der Waals surface area contributed by atoms with Gasteiger partial charge in [-0.25, -0.2) is 0 Å². The molecule has 3 rings (SSSR count). The zero-order valence-corrected chi connectivity index (χ0v) is 19.1. The minimum Gasteiger partial charge on any atom is -0.368 e. The van der Waals surface area contributed by atoms with E-state index in [9.17, 15) is 24.0 Å². The predicted molar refractivity (Wildman–Crippen MR) is 124 cm³/mol. The maximum absolute atomic E-state index is 13.6. The number of benzene rings is 1. The first-order valence-corrected chi connectivity index (χ1v) is 11.2. The average Bonchev–Trinajstić information content (AvgIpc) is 3.23. The number of nitrogens with two attached hydrogens (primary N) is 1. The van der Waals surface area contributed by atoms with Gasteiger partial charge in [-0.05, 0) is 30.9 Å². The van der Waals surface area contributed by atoms with Gasteiger partial charge in [0.15, 0.2) is 0 Å². The Morgan fingerprint density at radius 1 is 1.12 bits per heavy atom. The number of H-pyrrole nitrogens is 1. The van der Waals surface area contributed by atoms with E-state index in [-0.39, 0.29) is 25.4 Å². The van der Waals surface area contributed by atoms with E-state index >= 15 is 0 Å². The Bertz CT molecular complexity index is 1080. The van der Waals surface area contributed by atoms with E-state index in [2.05, 4.69) is 20.9 Å². The van der Waals surface area contributed by atoms with Gasteiger partial charge in [-0.1, -0.05) is 18.2 Å². The molecule has 0 unspecified atom stereocenters. The fourth-order valence-electron chi connectivity index (χ4n) is 4.13. The van der Waals surface area contributed by atoms with E-state index in [4.69, 9.17) is 5.73 Å². The number of aromatic amines is 1. The molecule has 2 heterocycles. The quantitative estimate of drug-likeness (QED) is 0.327. The molecular formula is C23H30N6O5. The van der Waals surface area contributed by atoms with Crippen LogP contribution in [0.3, 0.4) is 0 Å². The normalized spacial score (nSPS) is 16.5. The summed E-state index contributed by atoms with van der Waals surface area (Å²) in [5.74, 6) is -2.41. The molecule has 0 radical (unpaired) electrons. The summed E-state index contributed by atoms with van der Waals surface area (Å²) < 4.78 is 0. The lowest BCUT2D eigenvalue weighted by Crippen LogP contribution is -2.59. The van der Waals surface area contributed by atoms with Crippen molar-refractivity contribution in [1.29, 1.82) is 0 Å². The smallest absolute Gasteiger partial charge is 0.246 e. The second-order valence-electron chi connectivity index (χ2n) is 8.32. The van der Waals surface area contributed by atoms with Gasteiger partial charge < -0.3 is 31.6 Å². The first-order chi connectivity index (χ1) is 16.3. The molecule has 0 saturated carbocycles. The molecule has 11 nitrogen and oxygen atoms in total. The van der Waals surface area contributed by atoms with Gasteiger partial charge >= 0.3 is 0 Å². The molecule has 1 aromatic carbocycles. The highest BCUT2D eigenvalue weighted by atomic mass is 16.2. The molecule has 1 aliphatic heterocycles. The number of para-hydroxylation sites is 1. The second kappa shape index (κ2) is 11.3. The fraction of sp³-hybridized carbons (Fsp3) is 0.435. The number of carbonyl (C=O) groups is 5. The maximum Gasteiger partial charge on any atom is 0.246 e. The van der Waals surface area contributed by atoms with Crippen molar-refractivity contribution in [3.8, 4) is 0 Å². The summed E-state index contributed by atoms with van der Waals surface area (Å²) >= 11 is 0. The Morgan fingerprint density at radius 2 is 1.88 bits per heavy atom. The van der Waals surface area contributed by atoms with Gasteiger partial charge in [-0.3, -0.25) is 24.0 Å². The van der Waals surface area contributed by atoms with Gasteiger partial charge in [0.2, 0.25) is 29.5 Å². The number of piperidine rings is 1. The van der Waals surface area contributed by atoms with Crippen molar-refractivity contribution in [2.75, 3.05) is 19.6 Å². The number of rotatable bonds is 9. The zero-order valence-electron chi connectivity index (χ0n) is 19.1. The topological polar surface area (TPSA) is 166 Å². The van der Waals surface area contributed by atoms with E-state index in [1.54, 1.807) is 6.20 Å². The summed E-state index contributed by atoms with van der Waals surface area (Å²) in [7, 11) is 0. The van der Waals surface area contributed by atoms with E-state index in [0.717, 1.165) is 22.9 Å². The van der Waals surface area contributed by atoms with Gasteiger partial charge in [0.1, 0.15) is 12.1 Å². The third-order valence-corrected chi connectivity index (χ3v) is 5.76. The van der Waals surface area contributed by atoms with Crippen molar-refractivity contribution in [2.45, 2.75) is 44.7 Å². The van der Waals surface area contributed by atoms with Crippen molar-refractivity contribution in [3.05, 3.63) is 36.0 Å². The van der Waals surface area contributed by atoms with Crippen molar-refractivity contribution in [1.82, 2.24) is 25.8 Å². The summed E-state index contributed by atoms with van der Waals surface area (Å²) in [6.45, 7) is 1.06. The molecule has 6 N–H and O–H groups in total. The third kappa shape index (κ3) is 6.33. The minimum atomic E-state index is -0.954. The van der Waals surface area contributed by atoms with Crippen LogP contribution in [0.4, 0.5) is 0 Å². The molecule has 2 atom stereocenters. The second-order valence-corrected chi connectivity index (χ2v) is 8.32. The van der Waals surface area contributed by atoms with Gasteiger partial charge in [0.05, 0.1) is 13.1 Å². The summed E-state index contributed by atoms with van der Waals surface area (Å²) in [6.07, 6.45) is 3.89. The lowest BCUT2D eigenvalue weighted by atomic mass is 9.98. The molecule has 1 aliphatic rings. The van der Waals surface area contributed by atoms with Crippen molar-refractivity contribution in [2.24, 2.45) is 5.73 Å². The van der Waals surface area contributed by atoms with E-state index in [0.29, 0.717) is 19.4 Å². The van der Waals surface area contributed by atoms with E-state index in [1.165, 1.54) is 11.8 Å². The molecule has 0 aliphatic carbocycles. The highest BCUT2D eigenvalue weighted by molar-refractivity contribution is 5.95. The molecule has 11 heteroatoms. The highest BCUT2D eigenvalue weighted by Gasteiger charge is 2.36. The number of fused-ring (bicyclic) bond motifs is 1. The number of hydrogen-bond acceptors (Lipinski definition) is 5. The van der Waals surface area contributed by atoms with Gasteiger partial charge in [0, 0.05) is 37.0 Å². The lowest BCUT2D eigenvalue weighted by Gasteiger charge is -2.37. The third-order valence-electron chi connectivity index (χ3n) is 5.76. The van der Waals surface area contributed by atoms with Crippen LogP contribution in [0.25, 0.3) is 10.9 Å². The van der Waals surface area contributed by atoms with Crippen LogP contribution in [-0.4, -0.2) is 71.1 Å². The summed E-state index contributed by atoms with van der Waals surface area (Å²) in [5, 5.41) is 8.53. The van der Waals surface area contributed by atoms with Crippen LogP contribution in [0.5, 0.6) is 0 Å². The van der Waals surface area contributed by atoms with Crippen LogP contribution in [0, 0.1) is 0 Å². The van der Waals surface area contributed by atoms with Crippen LogP contribution >= 0.6 is 0 Å². The van der Waals surface area contributed by atoms with Crippen LogP contribution in [-0.2, 0) is 30.4 Å². The number of amides is 5. The number of hydrogen-bond donors (Lipinski definition) is 5. The monoisotopic (exact) mass is 470 g/mol. The van der Waals surface area contributed by atoms with Crippen LogP contribution in [0.15, 0.2) is 30.5 Å². The van der Waals surface area contributed by atoms with Gasteiger partial charge in [0.25, 0.3) is 0 Å². The number of aromatic nitrogens is 1. The van der Waals surface area contributed by atoms with Gasteiger partial charge in [-0.2, -0.15) is 0 Å². The predicted octanol–water partition coefficient (Wildman–Crippen LogP) is -0.686. The molecule has 34 heavy (non-hydrogen) atoms. The van der Waals surface area contributed by atoms with Crippen LogP contribution in [0.1, 0.15) is 31.7 Å². The van der Waals surface area contributed by atoms with Gasteiger partial charge in [-0.15, -0.1) is 0 Å². The standard InChI is InChI=1S/C23H30N6O5/c1-14(30)25-13-21(32)28-18(10-15-11-26-17-7-3-2-6-16(15)17)23(34)29-9-5-4-8-19(29)22(33)27-12-20(24)31/h2-3,6-7,11,18-19,26H,4-5,8-10,12-13H2,1H3,(H2,24,31)(H,25,30)(H,27,33)(H,28,32)/t18-,19-/m0/s1. The fourth-order valence-corrected chi connectivity index (χ4v) is 4.13. The van der Waals surface area contributed by atoms with Crippen LogP contribution < -0.4 is 21.7 Å². The molecule has 1 aromatic heterocycles. The Balaban J connectivity index is 1.83. The number of likely N-dealkylation sites (tertiary alicyclic amines) is 1. The number of carbonyl (C=O) groups excluding carboxylic acids is 5. The zero-order chi connectivity index (χ0) is 24.7. The minimum absolute atomic E-state index is 0.195. The molecule has 1 fully saturated rings. The lowest BCUT2D eigenvalue weighted by molar-refractivity contribution is -0.145. The average molecular weight is 471 g/mol. The van der Waals surface area contributed by atoms with E-state index in [1.807, 2.05) is 24.3 Å². The van der Waals surface area contributed by atoms with E-state index < -0.39 is 35.7 Å². The number of nitrogens with zero attached hydrogens (tertiary/aromatic N) is 1.